The number of thioether (sulfide) groups is 1. The van der Waals surface area contributed by atoms with Crippen molar-refractivity contribution in [2.24, 2.45) is 4.99 Å². The summed E-state index contributed by atoms with van der Waals surface area (Å²) in [5, 5.41) is 11.2. The van der Waals surface area contributed by atoms with E-state index in [4.69, 9.17) is 5.11 Å². The van der Waals surface area contributed by atoms with Crippen LogP contribution in [0.1, 0.15) is 6.92 Å². The van der Waals surface area contributed by atoms with Crippen molar-refractivity contribution in [2.45, 2.75) is 6.92 Å². The minimum absolute atomic E-state index is 0.101. The second kappa shape index (κ2) is 4.08. The van der Waals surface area contributed by atoms with Gasteiger partial charge in [0.2, 0.25) is 0 Å². The molecule has 0 atom stereocenters. The zero-order chi connectivity index (χ0) is 9.84. The van der Waals surface area contributed by atoms with Gasteiger partial charge < -0.3 is 5.11 Å². The zero-order valence-electron chi connectivity index (χ0n) is 6.90. The van der Waals surface area contributed by atoms with Crippen LogP contribution >= 0.6 is 11.8 Å². The number of carboxylic acid groups (broad SMARTS) is 1. The smallest absolute Gasteiger partial charge is 0.313 e. The number of amides is 1. The number of carbonyl (C=O) groups excluding carboxylic acids is 1. The number of hydrogen-bond donors (Lipinski definition) is 2. The molecule has 0 unspecified atom stereocenters. The third-order valence-electron chi connectivity index (χ3n) is 1.28. The van der Waals surface area contributed by atoms with Crippen molar-refractivity contribution in [1.82, 2.24) is 5.32 Å². The summed E-state index contributed by atoms with van der Waals surface area (Å²) in [5.41, 5.74) is 0.327. The van der Waals surface area contributed by atoms with Crippen molar-refractivity contribution in [3.63, 3.8) is 0 Å². The van der Waals surface area contributed by atoms with Crippen LogP contribution in [0.4, 0.5) is 0 Å². The summed E-state index contributed by atoms with van der Waals surface area (Å²) in [4.78, 5) is 25.1. The molecule has 6 heteroatoms. The van der Waals surface area contributed by atoms with E-state index < -0.39 is 5.97 Å². The molecule has 0 radical (unpaired) electrons. The van der Waals surface area contributed by atoms with E-state index in [1.54, 1.807) is 13.0 Å². The summed E-state index contributed by atoms with van der Waals surface area (Å²) in [6, 6.07) is 0. The molecule has 0 aromatic carbocycles. The minimum Gasteiger partial charge on any atom is -0.481 e. The van der Waals surface area contributed by atoms with E-state index in [2.05, 4.69) is 10.3 Å². The normalized spacial score (nSPS) is 18.7. The quantitative estimate of drug-likeness (QED) is 0.624. The summed E-state index contributed by atoms with van der Waals surface area (Å²) < 4.78 is 0. The fraction of sp³-hybridized carbons (Fsp3) is 0.286. The number of aliphatic carboxylic acids is 1. The molecule has 5 nitrogen and oxygen atoms in total. The lowest BCUT2D eigenvalue weighted by Crippen LogP contribution is -2.22. The van der Waals surface area contributed by atoms with Gasteiger partial charge in [-0.15, -0.1) is 0 Å². The van der Waals surface area contributed by atoms with Gasteiger partial charge in [0.25, 0.3) is 5.91 Å². The molecule has 0 saturated heterocycles. The van der Waals surface area contributed by atoms with Crippen molar-refractivity contribution >= 4 is 28.8 Å². The SMILES string of the molecule is C/C=C1\N=C(SCC(=O)O)NC1=O. The Morgan fingerprint density at radius 1 is 1.77 bits per heavy atom. The molecule has 0 aromatic rings. The molecule has 70 valence electrons. The maximum atomic E-state index is 11.0. The fourth-order valence-electron chi connectivity index (χ4n) is 0.743. The summed E-state index contributed by atoms with van der Waals surface area (Å²) in [5.74, 6) is -1.32. The minimum atomic E-state index is -0.934. The Hall–Kier alpha value is -1.30. The summed E-state index contributed by atoms with van der Waals surface area (Å²) in [6.45, 7) is 1.70. The number of aliphatic imine (C=N–C) groups is 1. The van der Waals surface area contributed by atoms with Crippen molar-refractivity contribution in [3.8, 4) is 0 Å². The van der Waals surface area contributed by atoms with E-state index in [1.807, 2.05) is 0 Å². The molecule has 0 aliphatic carbocycles. The average molecular weight is 200 g/mol. The van der Waals surface area contributed by atoms with E-state index >= 15 is 0 Å². The van der Waals surface area contributed by atoms with Gasteiger partial charge in [-0.1, -0.05) is 17.8 Å². The maximum Gasteiger partial charge on any atom is 0.313 e. The molecule has 0 spiro atoms. The second-order valence-electron chi connectivity index (χ2n) is 2.23. The van der Waals surface area contributed by atoms with Crippen molar-refractivity contribution in [1.29, 1.82) is 0 Å². The third-order valence-corrected chi connectivity index (χ3v) is 2.14. The number of amidine groups is 1. The van der Waals surface area contributed by atoms with E-state index in [0.29, 0.717) is 10.9 Å². The number of rotatable bonds is 2. The van der Waals surface area contributed by atoms with Gasteiger partial charge in [0.1, 0.15) is 5.70 Å². The first-order valence-corrected chi connectivity index (χ1v) is 4.53. The van der Waals surface area contributed by atoms with E-state index in [9.17, 15) is 9.59 Å². The van der Waals surface area contributed by atoms with Gasteiger partial charge in [0, 0.05) is 0 Å². The molecule has 2 N–H and O–H groups in total. The number of carbonyl (C=O) groups is 2. The van der Waals surface area contributed by atoms with Gasteiger partial charge in [-0.3, -0.25) is 14.9 Å². The lowest BCUT2D eigenvalue weighted by atomic mass is 10.4. The Bertz CT molecular complexity index is 309. The fourth-order valence-corrected chi connectivity index (χ4v) is 1.33. The molecular weight excluding hydrogens is 192 g/mol. The Balaban J connectivity index is 2.55. The number of nitrogens with zero attached hydrogens (tertiary/aromatic N) is 1. The highest BCUT2D eigenvalue weighted by Crippen LogP contribution is 2.12. The van der Waals surface area contributed by atoms with Crippen LogP contribution in [-0.2, 0) is 9.59 Å². The van der Waals surface area contributed by atoms with Crippen LogP contribution in [0, 0.1) is 0 Å². The van der Waals surface area contributed by atoms with Crippen molar-refractivity contribution in [2.75, 3.05) is 5.75 Å². The molecule has 1 rings (SSSR count). The summed E-state index contributed by atoms with van der Waals surface area (Å²) in [7, 11) is 0. The lowest BCUT2D eigenvalue weighted by molar-refractivity contribution is -0.133. The zero-order valence-corrected chi connectivity index (χ0v) is 7.72. The van der Waals surface area contributed by atoms with Gasteiger partial charge in [-0.2, -0.15) is 0 Å². The topological polar surface area (TPSA) is 78.8 Å². The Kier molecular flexibility index (Phi) is 3.07. The van der Waals surface area contributed by atoms with E-state index in [1.165, 1.54) is 0 Å². The molecule has 1 aliphatic rings. The summed E-state index contributed by atoms with van der Waals surface area (Å²) in [6.07, 6.45) is 1.57. The van der Waals surface area contributed by atoms with Gasteiger partial charge in [0.05, 0.1) is 5.75 Å². The van der Waals surface area contributed by atoms with Crippen LogP contribution in [0.25, 0.3) is 0 Å². The average Bonchev–Trinajstić information content (AvgIpc) is 2.43. The van der Waals surface area contributed by atoms with Crippen LogP contribution in [0.5, 0.6) is 0 Å². The van der Waals surface area contributed by atoms with E-state index in [-0.39, 0.29) is 11.7 Å². The van der Waals surface area contributed by atoms with Crippen LogP contribution in [0.2, 0.25) is 0 Å². The molecule has 1 aliphatic heterocycles. The predicted molar refractivity (Wildman–Crippen MR) is 49.4 cm³/mol. The highest BCUT2D eigenvalue weighted by atomic mass is 32.2. The molecule has 1 amide bonds. The Morgan fingerprint density at radius 3 is 2.92 bits per heavy atom. The molecule has 1 heterocycles. The Morgan fingerprint density at radius 2 is 2.46 bits per heavy atom. The number of allylic oxidation sites excluding steroid dienone is 1. The maximum absolute atomic E-state index is 11.0. The van der Waals surface area contributed by atoms with Crippen molar-refractivity contribution < 1.29 is 14.7 Å². The van der Waals surface area contributed by atoms with Gasteiger partial charge in [0.15, 0.2) is 5.17 Å². The molecule has 0 fully saturated rings. The highest BCUT2D eigenvalue weighted by molar-refractivity contribution is 8.14. The molecular formula is C7H8N2O3S. The van der Waals surface area contributed by atoms with Gasteiger partial charge in [-0.05, 0) is 6.92 Å². The van der Waals surface area contributed by atoms with Gasteiger partial charge >= 0.3 is 5.97 Å². The van der Waals surface area contributed by atoms with Crippen LogP contribution in [-0.4, -0.2) is 27.9 Å². The van der Waals surface area contributed by atoms with Gasteiger partial charge in [-0.25, -0.2) is 4.99 Å². The number of hydrogen-bond acceptors (Lipinski definition) is 4. The van der Waals surface area contributed by atoms with Crippen LogP contribution in [0.3, 0.4) is 0 Å². The molecule has 0 bridgehead atoms. The highest BCUT2D eigenvalue weighted by Gasteiger charge is 2.19. The third kappa shape index (κ3) is 2.59. The largest absolute Gasteiger partial charge is 0.481 e. The van der Waals surface area contributed by atoms with Crippen molar-refractivity contribution in [3.05, 3.63) is 11.8 Å². The molecule has 0 aromatic heterocycles. The first kappa shape index (κ1) is 9.79. The standard InChI is InChI=1S/C7H8N2O3S/c1-2-4-6(12)9-7(8-4)13-3-5(10)11/h2H,3H2,1H3,(H,10,11)(H,8,9,12)/b4-2-. The van der Waals surface area contributed by atoms with Crippen LogP contribution < -0.4 is 5.32 Å². The number of nitrogens with one attached hydrogen (secondary N) is 1. The first-order valence-electron chi connectivity index (χ1n) is 3.54. The number of carboxylic acids is 1. The summed E-state index contributed by atoms with van der Waals surface area (Å²) >= 11 is 0.993. The lowest BCUT2D eigenvalue weighted by Gasteiger charge is -1.94. The second-order valence-corrected chi connectivity index (χ2v) is 3.19. The van der Waals surface area contributed by atoms with E-state index in [0.717, 1.165) is 11.8 Å². The predicted octanol–water partition coefficient (Wildman–Crippen LogP) is 0.194. The molecule has 0 saturated carbocycles. The first-order chi connectivity index (χ1) is 6.13. The van der Waals surface area contributed by atoms with Crippen LogP contribution in [0.15, 0.2) is 16.8 Å². The Labute approximate surface area is 78.9 Å². The monoisotopic (exact) mass is 200 g/mol. The molecule has 13 heavy (non-hydrogen) atoms.